The van der Waals surface area contributed by atoms with Crippen LogP contribution >= 0.6 is 0 Å². The molecule has 116 valence electrons. The van der Waals surface area contributed by atoms with Crippen LogP contribution in [0.3, 0.4) is 0 Å². The van der Waals surface area contributed by atoms with Gasteiger partial charge in [0.05, 0.1) is 14.2 Å². The molecule has 0 aromatic heterocycles. The maximum absolute atomic E-state index is 5.51. The Kier molecular flexibility index (Phi) is 4.63. The topological polar surface area (TPSA) is 37.0 Å². The summed E-state index contributed by atoms with van der Waals surface area (Å²) < 4.78 is 10.9. The molecule has 0 atom stereocenters. The standard InChI is InChI=1S/C16H25N3O2/c1-20-15-5-3-4-13(16(15)21-2)10-18-11-14(12-18)19-8-6-17-7-9-19/h3-5,14,17H,6-12H2,1-2H3. The van der Waals surface area contributed by atoms with E-state index in [-0.39, 0.29) is 0 Å². The summed E-state index contributed by atoms with van der Waals surface area (Å²) in [5.74, 6) is 1.68. The zero-order valence-corrected chi connectivity index (χ0v) is 13.0. The van der Waals surface area contributed by atoms with Gasteiger partial charge in [-0.1, -0.05) is 12.1 Å². The first-order chi connectivity index (χ1) is 10.3. The molecule has 0 bridgehead atoms. The summed E-state index contributed by atoms with van der Waals surface area (Å²) in [7, 11) is 3.40. The van der Waals surface area contributed by atoms with Gasteiger partial charge in [-0.15, -0.1) is 0 Å². The van der Waals surface area contributed by atoms with Crippen LogP contribution in [-0.4, -0.2) is 69.3 Å². The van der Waals surface area contributed by atoms with E-state index in [1.807, 2.05) is 12.1 Å². The molecule has 2 aliphatic heterocycles. The molecule has 0 unspecified atom stereocenters. The number of likely N-dealkylation sites (tertiary alicyclic amines) is 1. The van der Waals surface area contributed by atoms with Gasteiger partial charge >= 0.3 is 0 Å². The maximum atomic E-state index is 5.51. The summed E-state index contributed by atoms with van der Waals surface area (Å²) in [6.07, 6.45) is 0. The largest absolute Gasteiger partial charge is 0.493 e. The monoisotopic (exact) mass is 291 g/mol. The number of nitrogens with zero attached hydrogens (tertiary/aromatic N) is 2. The highest BCUT2D eigenvalue weighted by molar-refractivity contribution is 5.46. The zero-order chi connectivity index (χ0) is 14.7. The highest BCUT2D eigenvalue weighted by atomic mass is 16.5. The fraction of sp³-hybridized carbons (Fsp3) is 0.625. The van der Waals surface area contributed by atoms with Crippen LogP contribution in [0.4, 0.5) is 0 Å². The lowest BCUT2D eigenvalue weighted by Crippen LogP contribution is -2.62. The van der Waals surface area contributed by atoms with E-state index in [1.165, 1.54) is 18.7 Å². The molecule has 2 fully saturated rings. The Morgan fingerprint density at radius 2 is 1.90 bits per heavy atom. The lowest BCUT2D eigenvalue weighted by atomic mass is 10.0. The summed E-state index contributed by atoms with van der Waals surface area (Å²) in [6.45, 7) is 7.85. The second kappa shape index (κ2) is 6.64. The summed E-state index contributed by atoms with van der Waals surface area (Å²) in [6, 6.07) is 6.83. The third-order valence-corrected chi connectivity index (χ3v) is 4.48. The second-order valence-electron chi connectivity index (χ2n) is 5.79. The third kappa shape index (κ3) is 3.15. The molecule has 0 radical (unpaired) electrons. The van der Waals surface area contributed by atoms with Gasteiger partial charge in [-0.2, -0.15) is 0 Å². The van der Waals surface area contributed by atoms with Gasteiger partial charge in [0.2, 0.25) is 0 Å². The van der Waals surface area contributed by atoms with Gasteiger partial charge in [-0.3, -0.25) is 9.80 Å². The Labute approximate surface area is 126 Å². The maximum Gasteiger partial charge on any atom is 0.165 e. The van der Waals surface area contributed by atoms with Gasteiger partial charge in [-0.05, 0) is 6.07 Å². The van der Waals surface area contributed by atoms with Crippen molar-refractivity contribution in [1.82, 2.24) is 15.1 Å². The van der Waals surface area contributed by atoms with Gasteiger partial charge in [0, 0.05) is 57.4 Å². The first-order valence-corrected chi connectivity index (χ1v) is 7.69. The van der Waals surface area contributed by atoms with Crippen molar-refractivity contribution >= 4 is 0 Å². The number of ether oxygens (including phenoxy) is 2. The Morgan fingerprint density at radius 1 is 1.14 bits per heavy atom. The molecule has 21 heavy (non-hydrogen) atoms. The highest BCUT2D eigenvalue weighted by Gasteiger charge is 2.32. The lowest BCUT2D eigenvalue weighted by molar-refractivity contribution is 0.0219. The molecule has 2 aliphatic rings. The quantitative estimate of drug-likeness (QED) is 0.868. The van der Waals surface area contributed by atoms with E-state index in [0.29, 0.717) is 0 Å². The normalized spacial score (nSPS) is 21.0. The van der Waals surface area contributed by atoms with Crippen molar-refractivity contribution in [3.05, 3.63) is 23.8 Å². The molecular weight excluding hydrogens is 266 g/mol. The van der Waals surface area contributed by atoms with E-state index >= 15 is 0 Å². The predicted octanol–water partition coefficient (Wildman–Crippen LogP) is 0.793. The van der Waals surface area contributed by atoms with Crippen molar-refractivity contribution in [2.24, 2.45) is 0 Å². The molecule has 1 aromatic rings. The molecule has 0 aliphatic carbocycles. The number of hydrogen-bond acceptors (Lipinski definition) is 5. The zero-order valence-electron chi connectivity index (χ0n) is 13.0. The average molecular weight is 291 g/mol. The number of piperazine rings is 1. The van der Waals surface area contributed by atoms with E-state index in [0.717, 1.165) is 50.3 Å². The summed E-state index contributed by atoms with van der Waals surface area (Å²) in [4.78, 5) is 5.08. The van der Waals surface area contributed by atoms with Gasteiger partial charge in [0.25, 0.3) is 0 Å². The van der Waals surface area contributed by atoms with Crippen molar-refractivity contribution < 1.29 is 9.47 Å². The van der Waals surface area contributed by atoms with Crippen LogP contribution in [0.1, 0.15) is 5.56 Å². The molecule has 2 heterocycles. The van der Waals surface area contributed by atoms with Gasteiger partial charge in [0.1, 0.15) is 0 Å². The first kappa shape index (κ1) is 14.6. The van der Waals surface area contributed by atoms with Crippen LogP contribution in [0, 0.1) is 0 Å². The molecule has 1 N–H and O–H groups in total. The minimum atomic E-state index is 0.726. The SMILES string of the molecule is COc1cccc(CN2CC(N3CCNCC3)C2)c1OC. The number of benzene rings is 1. The van der Waals surface area contributed by atoms with Crippen molar-refractivity contribution in [2.45, 2.75) is 12.6 Å². The third-order valence-electron chi connectivity index (χ3n) is 4.48. The lowest BCUT2D eigenvalue weighted by Gasteiger charge is -2.47. The highest BCUT2D eigenvalue weighted by Crippen LogP contribution is 2.32. The van der Waals surface area contributed by atoms with Crippen molar-refractivity contribution in [3.8, 4) is 11.5 Å². The molecule has 2 saturated heterocycles. The van der Waals surface area contributed by atoms with Gasteiger partial charge in [-0.25, -0.2) is 0 Å². The predicted molar refractivity (Wildman–Crippen MR) is 83.1 cm³/mol. The number of nitrogens with one attached hydrogen (secondary N) is 1. The minimum absolute atomic E-state index is 0.726. The second-order valence-corrected chi connectivity index (χ2v) is 5.79. The van der Waals surface area contributed by atoms with Crippen LogP contribution in [0.25, 0.3) is 0 Å². The summed E-state index contributed by atoms with van der Waals surface area (Å²) >= 11 is 0. The van der Waals surface area contributed by atoms with Crippen molar-refractivity contribution in [1.29, 1.82) is 0 Å². The molecule has 5 nitrogen and oxygen atoms in total. The van der Waals surface area contributed by atoms with Gasteiger partial charge < -0.3 is 14.8 Å². The molecule has 0 amide bonds. The number of rotatable bonds is 5. The smallest absolute Gasteiger partial charge is 0.165 e. The van der Waals surface area contributed by atoms with Crippen LogP contribution in [0.2, 0.25) is 0 Å². The van der Waals surface area contributed by atoms with E-state index in [9.17, 15) is 0 Å². The number of para-hydroxylation sites is 1. The number of methoxy groups -OCH3 is 2. The fourth-order valence-electron chi connectivity index (χ4n) is 3.27. The van der Waals surface area contributed by atoms with Crippen LogP contribution in [0.15, 0.2) is 18.2 Å². The molecular formula is C16H25N3O2. The minimum Gasteiger partial charge on any atom is -0.493 e. The summed E-state index contributed by atoms with van der Waals surface area (Å²) in [5.41, 5.74) is 1.20. The van der Waals surface area contributed by atoms with E-state index in [4.69, 9.17) is 9.47 Å². The van der Waals surface area contributed by atoms with Gasteiger partial charge in [0.15, 0.2) is 11.5 Å². The van der Waals surface area contributed by atoms with Crippen molar-refractivity contribution in [3.63, 3.8) is 0 Å². The summed E-state index contributed by atoms with van der Waals surface area (Å²) in [5, 5.41) is 3.41. The van der Waals surface area contributed by atoms with Crippen LogP contribution in [0.5, 0.6) is 11.5 Å². The Hall–Kier alpha value is -1.30. The number of hydrogen-bond donors (Lipinski definition) is 1. The average Bonchev–Trinajstić information content (AvgIpc) is 2.50. The Bertz CT molecular complexity index is 469. The molecule has 1 aromatic carbocycles. The molecule has 0 saturated carbocycles. The van der Waals surface area contributed by atoms with Crippen LogP contribution in [-0.2, 0) is 6.54 Å². The van der Waals surface area contributed by atoms with E-state index in [2.05, 4.69) is 21.2 Å². The molecule has 3 rings (SSSR count). The fourth-order valence-corrected chi connectivity index (χ4v) is 3.27. The van der Waals surface area contributed by atoms with E-state index < -0.39 is 0 Å². The van der Waals surface area contributed by atoms with E-state index in [1.54, 1.807) is 14.2 Å². The Balaban J connectivity index is 1.56. The molecule has 5 heteroatoms. The first-order valence-electron chi connectivity index (χ1n) is 7.69. The molecule has 0 spiro atoms. The Morgan fingerprint density at radius 3 is 2.57 bits per heavy atom. The van der Waals surface area contributed by atoms with Crippen molar-refractivity contribution in [2.75, 3.05) is 53.5 Å². The van der Waals surface area contributed by atoms with Crippen LogP contribution < -0.4 is 14.8 Å².